The molecular formula is C20H20N2O5. The predicted molar refractivity (Wildman–Crippen MR) is 102 cm³/mol. The van der Waals surface area contributed by atoms with Gasteiger partial charge in [-0.2, -0.15) is 0 Å². The maximum absolute atomic E-state index is 12.3. The van der Waals surface area contributed by atoms with Gasteiger partial charge in [0.05, 0.1) is 21.3 Å². The van der Waals surface area contributed by atoms with E-state index in [1.807, 2.05) is 24.3 Å². The molecule has 0 saturated carbocycles. The predicted octanol–water partition coefficient (Wildman–Crippen LogP) is 3.28. The van der Waals surface area contributed by atoms with Gasteiger partial charge in [0.25, 0.3) is 5.91 Å². The molecule has 3 rings (SSSR count). The van der Waals surface area contributed by atoms with Crippen LogP contribution >= 0.6 is 0 Å². The SMILES string of the molecule is COc1cc(NC(=O)COc2cccc3cccnc23)cc(OC)c1OC. The van der Waals surface area contributed by atoms with E-state index in [-0.39, 0.29) is 12.5 Å². The molecule has 1 N–H and O–H groups in total. The number of fused-ring (bicyclic) bond motifs is 1. The van der Waals surface area contributed by atoms with Crippen LogP contribution in [0.3, 0.4) is 0 Å². The molecule has 7 heteroatoms. The lowest BCUT2D eigenvalue weighted by Crippen LogP contribution is -2.20. The number of para-hydroxylation sites is 1. The molecule has 0 aliphatic carbocycles. The van der Waals surface area contributed by atoms with Gasteiger partial charge >= 0.3 is 0 Å². The van der Waals surface area contributed by atoms with Gasteiger partial charge in [0.15, 0.2) is 18.1 Å². The van der Waals surface area contributed by atoms with Crippen LogP contribution in [0.2, 0.25) is 0 Å². The molecule has 140 valence electrons. The molecule has 3 aromatic rings. The first-order chi connectivity index (χ1) is 13.2. The highest BCUT2D eigenvalue weighted by Crippen LogP contribution is 2.39. The first-order valence-electron chi connectivity index (χ1n) is 8.22. The van der Waals surface area contributed by atoms with E-state index in [0.29, 0.717) is 34.2 Å². The van der Waals surface area contributed by atoms with Gasteiger partial charge < -0.3 is 24.3 Å². The molecule has 0 spiro atoms. The summed E-state index contributed by atoms with van der Waals surface area (Å²) in [4.78, 5) is 16.6. The number of rotatable bonds is 7. The van der Waals surface area contributed by atoms with Gasteiger partial charge in [0.1, 0.15) is 11.3 Å². The second-order valence-electron chi connectivity index (χ2n) is 5.58. The zero-order chi connectivity index (χ0) is 19.2. The summed E-state index contributed by atoms with van der Waals surface area (Å²) >= 11 is 0. The maximum Gasteiger partial charge on any atom is 0.262 e. The van der Waals surface area contributed by atoms with E-state index < -0.39 is 0 Å². The molecule has 0 fully saturated rings. The number of hydrogen-bond acceptors (Lipinski definition) is 6. The average Bonchev–Trinajstić information content (AvgIpc) is 2.71. The lowest BCUT2D eigenvalue weighted by Gasteiger charge is -2.15. The number of ether oxygens (including phenoxy) is 4. The number of carbonyl (C=O) groups excluding carboxylic acids is 1. The molecule has 0 radical (unpaired) electrons. The Morgan fingerprint density at radius 3 is 2.33 bits per heavy atom. The molecule has 1 amide bonds. The molecule has 2 aromatic carbocycles. The van der Waals surface area contributed by atoms with Crippen LogP contribution in [0.1, 0.15) is 0 Å². The number of aromatic nitrogens is 1. The maximum atomic E-state index is 12.3. The molecule has 1 heterocycles. The summed E-state index contributed by atoms with van der Waals surface area (Å²) in [5, 5.41) is 3.71. The van der Waals surface area contributed by atoms with Gasteiger partial charge in [-0.1, -0.05) is 18.2 Å². The van der Waals surface area contributed by atoms with Crippen molar-refractivity contribution in [3.8, 4) is 23.0 Å². The Kier molecular flexibility index (Phi) is 5.61. The van der Waals surface area contributed by atoms with Crippen molar-refractivity contribution < 1.29 is 23.7 Å². The summed E-state index contributed by atoms with van der Waals surface area (Å²) in [6, 6.07) is 12.7. The number of hydrogen-bond donors (Lipinski definition) is 1. The molecule has 0 bridgehead atoms. The van der Waals surface area contributed by atoms with Crippen LogP contribution in [0.15, 0.2) is 48.7 Å². The van der Waals surface area contributed by atoms with Crippen molar-refractivity contribution in [2.24, 2.45) is 0 Å². The van der Waals surface area contributed by atoms with Gasteiger partial charge in [-0.3, -0.25) is 9.78 Å². The van der Waals surface area contributed by atoms with E-state index in [0.717, 1.165) is 5.39 Å². The standard InChI is InChI=1S/C20H20N2O5/c1-24-16-10-14(11-17(25-2)20(16)26-3)22-18(23)12-27-15-8-4-6-13-7-5-9-21-19(13)15/h4-11H,12H2,1-3H3,(H,22,23). The van der Waals surface area contributed by atoms with Crippen LogP contribution in [0.4, 0.5) is 5.69 Å². The van der Waals surface area contributed by atoms with Crippen LogP contribution in [-0.2, 0) is 4.79 Å². The summed E-state index contributed by atoms with van der Waals surface area (Å²) in [7, 11) is 4.55. The van der Waals surface area contributed by atoms with E-state index in [1.165, 1.54) is 21.3 Å². The highest BCUT2D eigenvalue weighted by atomic mass is 16.5. The second-order valence-corrected chi connectivity index (χ2v) is 5.58. The highest BCUT2D eigenvalue weighted by molar-refractivity contribution is 5.93. The number of benzene rings is 2. The number of nitrogens with one attached hydrogen (secondary N) is 1. The first kappa shape index (κ1) is 18.3. The van der Waals surface area contributed by atoms with Crippen molar-refractivity contribution in [3.63, 3.8) is 0 Å². The van der Waals surface area contributed by atoms with Crippen molar-refractivity contribution >= 4 is 22.5 Å². The third-order valence-corrected chi connectivity index (χ3v) is 3.90. The third kappa shape index (κ3) is 4.03. The Balaban J connectivity index is 1.72. The normalized spacial score (nSPS) is 10.3. The summed E-state index contributed by atoms with van der Waals surface area (Å²) in [6.45, 7) is -0.160. The number of anilines is 1. The fraction of sp³-hybridized carbons (Fsp3) is 0.200. The fourth-order valence-electron chi connectivity index (χ4n) is 2.69. The van der Waals surface area contributed by atoms with Crippen molar-refractivity contribution in [1.82, 2.24) is 4.98 Å². The van der Waals surface area contributed by atoms with Crippen LogP contribution in [0, 0.1) is 0 Å². The zero-order valence-corrected chi connectivity index (χ0v) is 15.3. The van der Waals surface area contributed by atoms with Crippen molar-refractivity contribution in [2.45, 2.75) is 0 Å². The smallest absolute Gasteiger partial charge is 0.262 e. The second kappa shape index (κ2) is 8.27. The van der Waals surface area contributed by atoms with Gasteiger partial charge in [0.2, 0.25) is 5.75 Å². The number of carbonyl (C=O) groups is 1. The number of pyridine rings is 1. The van der Waals surface area contributed by atoms with Gasteiger partial charge in [0, 0.05) is 29.4 Å². The largest absolute Gasteiger partial charge is 0.493 e. The summed E-state index contributed by atoms with van der Waals surface area (Å²) in [6.07, 6.45) is 1.69. The molecule has 0 saturated heterocycles. The average molecular weight is 368 g/mol. The molecule has 1 aromatic heterocycles. The minimum Gasteiger partial charge on any atom is -0.493 e. The van der Waals surface area contributed by atoms with Crippen LogP contribution < -0.4 is 24.3 Å². The number of amides is 1. The third-order valence-electron chi connectivity index (χ3n) is 3.90. The van der Waals surface area contributed by atoms with E-state index in [4.69, 9.17) is 18.9 Å². The van der Waals surface area contributed by atoms with Crippen LogP contribution in [-0.4, -0.2) is 38.8 Å². The molecule has 7 nitrogen and oxygen atoms in total. The van der Waals surface area contributed by atoms with Crippen molar-refractivity contribution in [1.29, 1.82) is 0 Å². The quantitative estimate of drug-likeness (QED) is 0.689. The van der Waals surface area contributed by atoms with E-state index in [9.17, 15) is 4.79 Å². The first-order valence-corrected chi connectivity index (χ1v) is 8.22. The molecule has 0 atom stereocenters. The molecular weight excluding hydrogens is 348 g/mol. The lowest BCUT2D eigenvalue weighted by atomic mass is 10.2. The Bertz CT molecular complexity index is 928. The summed E-state index contributed by atoms with van der Waals surface area (Å²) in [5.74, 6) is 1.58. The Labute approximate surface area is 156 Å². The van der Waals surface area contributed by atoms with Gasteiger partial charge in [-0.15, -0.1) is 0 Å². The van der Waals surface area contributed by atoms with Crippen molar-refractivity contribution in [3.05, 3.63) is 48.7 Å². The van der Waals surface area contributed by atoms with Gasteiger partial charge in [-0.25, -0.2) is 0 Å². The topological polar surface area (TPSA) is 78.9 Å². The Hall–Kier alpha value is -3.48. The fourth-order valence-corrected chi connectivity index (χ4v) is 2.69. The Morgan fingerprint density at radius 2 is 1.67 bits per heavy atom. The van der Waals surface area contributed by atoms with E-state index in [2.05, 4.69) is 10.3 Å². The molecule has 27 heavy (non-hydrogen) atoms. The molecule has 0 unspecified atom stereocenters. The molecule has 0 aliphatic heterocycles. The number of methoxy groups -OCH3 is 3. The summed E-state index contributed by atoms with van der Waals surface area (Å²) in [5.41, 5.74) is 1.22. The van der Waals surface area contributed by atoms with E-state index >= 15 is 0 Å². The monoisotopic (exact) mass is 368 g/mol. The number of nitrogens with zero attached hydrogens (tertiary/aromatic N) is 1. The van der Waals surface area contributed by atoms with Crippen LogP contribution in [0.5, 0.6) is 23.0 Å². The highest BCUT2D eigenvalue weighted by Gasteiger charge is 2.15. The van der Waals surface area contributed by atoms with Crippen molar-refractivity contribution in [2.75, 3.05) is 33.3 Å². The minimum atomic E-state index is -0.322. The molecule has 0 aliphatic rings. The zero-order valence-electron chi connectivity index (χ0n) is 15.3. The lowest BCUT2D eigenvalue weighted by molar-refractivity contribution is -0.118. The van der Waals surface area contributed by atoms with E-state index in [1.54, 1.807) is 24.4 Å². The van der Waals surface area contributed by atoms with Crippen LogP contribution in [0.25, 0.3) is 10.9 Å². The van der Waals surface area contributed by atoms with Gasteiger partial charge in [-0.05, 0) is 12.1 Å². The Morgan fingerprint density at radius 1 is 0.963 bits per heavy atom. The summed E-state index contributed by atoms with van der Waals surface area (Å²) < 4.78 is 21.5. The minimum absolute atomic E-state index is 0.160.